The molecule has 3 aromatic rings. The van der Waals surface area contributed by atoms with Crippen LogP contribution >= 0.6 is 11.3 Å². The van der Waals surface area contributed by atoms with Gasteiger partial charge in [0, 0.05) is 12.6 Å². The van der Waals surface area contributed by atoms with E-state index < -0.39 is 5.97 Å². The van der Waals surface area contributed by atoms with Gasteiger partial charge in [-0.1, -0.05) is 6.07 Å². The van der Waals surface area contributed by atoms with Crippen LogP contribution in [0.3, 0.4) is 0 Å². The quantitative estimate of drug-likeness (QED) is 0.499. The highest BCUT2D eigenvalue weighted by molar-refractivity contribution is 7.15. The van der Waals surface area contributed by atoms with Gasteiger partial charge in [0.1, 0.15) is 16.6 Å². The molecule has 0 aromatic carbocycles. The molecule has 0 spiro atoms. The maximum absolute atomic E-state index is 11.9. The van der Waals surface area contributed by atoms with Gasteiger partial charge in [-0.25, -0.2) is 15.0 Å². The Morgan fingerprint density at radius 3 is 2.67 bits per heavy atom. The van der Waals surface area contributed by atoms with Gasteiger partial charge in [0.25, 0.3) is 0 Å². The van der Waals surface area contributed by atoms with E-state index in [9.17, 15) is 9.59 Å². The normalized spacial score (nSPS) is 11.7. The SMILES string of the molecule is Cc1ccnc(Nc2cccc(-c3sc([C@H](C)NC(=O)CCC(=O)O)nc3C)n2)c1. The van der Waals surface area contributed by atoms with Gasteiger partial charge in [-0.3, -0.25) is 9.59 Å². The van der Waals surface area contributed by atoms with Crippen molar-refractivity contribution in [3.63, 3.8) is 0 Å². The maximum Gasteiger partial charge on any atom is 0.303 e. The first-order chi connectivity index (χ1) is 14.3. The second kappa shape index (κ2) is 9.45. The number of carboxylic acid groups (broad SMARTS) is 1. The van der Waals surface area contributed by atoms with E-state index in [1.54, 1.807) is 6.20 Å². The zero-order chi connectivity index (χ0) is 21.7. The first-order valence-corrected chi connectivity index (χ1v) is 10.3. The molecule has 9 heteroatoms. The Morgan fingerprint density at radius 2 is 1.93 bits per heavy atom. The largest absolute Gasteiger partial charge is 0.481 e. The van der Waals surface area contributed by atoms with Crippen LogP contribution in [0, 0.1) is 13.8 Å². The van der Waals surface area contributed by atoms with E-state index in [4.69, 9.17) is 5.11 Å². The highest BCUT2D eigenvalue weighted by Crippen LogP contribution is 2.32. The fourth-order valence-corrected chi connectivity index (χ4v) is 3.84. The summed E-state index contributed by atoms with van der Waals surface area (Å²) in [6.45, 7) is 5.73. The zero-order valence-corrected chi connectivity index (χ0v) is 17.8. The molecule has 0 aliphatic heterocycles. The van der Waals surface area contributed by atoms with E-state index in [0.717, 1.165) is 32.7 Å². The van der Waals surface area contributed by atoms with Crippen LogP contribution in [0.4, 0.5) is 11.6 Å². The van der Waals surface area contributed by atoms with Gasteiger partial charge >= 0.3 is 5.97 Å². The van der Waals surface area contributed by atoms with Crippen molar-refractivity contribution in [2.24, 2.45) is 0 Å². The minimum absolute atomic E-state index is 0.0564. The van der Waals surface area contributed by atoms with Crippen LogP contribution in [0.25, 0.3) is 10.6 Å². The number of carbonyl (C=O) groups excluding carboxylic acids is 1. The summed E-state index contributed by atoms with van der Waals surface area (Å²) in [5.74, 6) is 0.0916. The Labute approximate surface area is 178 Å². The summed E-state index contributed by atoms with van der Waals surface area (Å²) in [5, 5.41) is 15.5. The van der Waals surface area contributed by atoms with E-state index in [1.165, 1.54) is 11.3 Å². The molecule has 1 atom stereocenters. The number of nitrogens with one attached hydrogen (secondary N) is 2. The average Bonchev–Trinajstić information content (AvgIpc) is 3.08. The summed E-state index contributed by atoms with van der Waals surface area (Å²) >= 11 is 1.46. The van der Waals surface area contributed by atoms with Crippen LogP contribution in [0.2, 0.25) is 0 Å². The monoisotopic (exact) mass is 425 g/mol. The Hall–Kier alpha value is -3.33. The van der Waals surface area contributed by atoms with Crippen molar-refractivity contribution in [2.75, 3.05) is 5.32 Å². The van der Waals surface area contributed by atoms with Crippen LogP contribution in [0.15, 0.2) is 36.5 Å². The molecule has 0 fully saturated rings. The lowest BCUT2D eigenvalue weighted by molar-refractivity contribution is -0.138. The predicted octanol–water partition coefficient (Wildman–Crippen LogP) is 4.00. The second-order valence-electron chi connectivity index (χ2n) is 6.90. The number of amides is 1. The molecule has 0 unspecified atom stereocenters. The van der Waals surface area contributed by atoms with Crippen molar-refractivity contribution in [2.45, 2.75) is 39.7 Å². The van der Waals surface area contributed by atoms with Crippen molar-refractivity contribution in [1.29, 1.82) is 0 Å². The molecule has 0 aliphatic rings. The van der Waals surface area contributed by atoms with Gasteiger partial charge in [0.2, 0.25) is 5.91 Å². The topological polar surface area (TPSA) is 117 Å². The fraction of sp³-hybridized carbons (Fsp3) is 0.286. The predicted molar refractivity (Wildman–Crippen MR) is 116 cm³/mol. The van der Waals surface area contributed by atoms with Gasteiger partial charge in [0.05, 0.1) is 28.7 Å². The first-order valence-electron chi connectivity index (χ1n) is 9.47. The lowest BCUT2D eigenvalue weighted by Crippen LogP contribution is -2.26. The summed E-state index contributed by atoms with van der Waals surface area (Å²) in [5.41, 5.74) is 2.70. The third-order valence-corrected chi connectivity index (χ3v) is 5.64. The molecule has 3 heterocycles. The van der Waals surface area contributed by atoms with Gasteiger partial charge in [-0.2, -0.15) is 0 Å². The number of aryl methyl sites for hydroxylation is 2. The minimum atomic E-state index is -0.995. The van der Waals surface area contributed by atoms with E-state index in [2.05, 4.69) is 25.6 Å². The van der Waals surface area contributed by atoms with Gasteiger partial charge in [-0.15, -0.1) is 11.3 Å². The van der Waals surface area contributed by atoms with E-state index in [1.807, 2.05) is 51.1 Å². The van der Waals surface area contributed by atoms with Crippen molar-refractivity contribution >= 4 is 34.8 Å². The number of anilines is 2. The number of hydrogen-bond donors (Lipinski definition) is 3. The molecule has 3 N–H and O–H groups in total. The number of rotatable bonds is 8. The number of pyridine rings is 2. The van der Waals surface area contributed by atoms with Gasteiger partial charge < -0.3 is 15.7 Å². The molecule has 1 amide bonds. The van der Waals surface area contributed by atoms with E-state index in [0.29, 0.717) is 5.82 Å². The smallest absolute Gasteiger partial charge is 0.303 e. The molecule has 8 nitrogen and oxygen atoms in total. The standard InChI is InChI=1S/C21H23N5O3S/c1-12-9-10-22-17(11-12)26-16-6-4-5-15(25-16)20-13(2)24-21(30-20)14(3)23-18(27)7-8-19(28)29/h4-6,9-11,14H,7-8H2,1-3H3,(H,23,27)(H,28,29)(H,22,25,26)/t14-/m0/s1. The van der Waals surface area contributed by atoms with E-state index >= 15 is 0 Å². The third kappa shape index (κ3) is 5.60. The van der Waals surface area contributed by atoms with Crippen LogP contribution < -0.4 is 10.6 Å². The number of thiazole rings is 1. The summed E-state index contributed by atoms with van der Waals surface area (Å²) < 4.78 is 0. The molecular formula is C21H23N5O3S. The van der Waals surface area contributed by atoms with Crippen LogP contribution in [-0.4, -0.2) is 31.9 Å². The Balaban J connectivity index is 1.74. The molecule has 3 rings (SSSR count). The minimum Gasteiger partial charge on any atom is -0.481 e. The number of hydrogen-bond acceptors (Lipinski definition) is 7. The summed E-state index contributed by atoms with van der Waals surface area (Å²) in [7, 11) is 0. The van der Waals surface area contributed by atoms with Crippen molar-refractivity contribution < 1.29 is 14.7 Å². The Kier molecular flexibility index (Phi) is 6.73. The zero-order valence-electron chi connectivity index (χ0n) is 17.0. The molecule has 156 valence electrons. The summed E-state index contributed by atoms with van der Waals surface area (Å²) in [6.07, 6.45) is 1.49. The van der Waals surface area contributed by atoms with Gasteiger partial charge in [0.15, 0.2) is 0 Å². The Morgan fingerprint density at radius 1 is 1.13 bits per heavy atom. The second-order valence-corrected chi connectivity index (χ2v) is 7.93. The van der Waals surface area contributed by atoms with E-state index in [-0.39, 0.29) is 24.8 Å². The maximum atomic E-state index is 11.9. The first kappa shape index (κ1) is 21.4. The summed E-state index contributed by atoms with van der Waals surface area (Å²) in [4.78, 5) is 37.0. The molecular weight excluding hydrogens is 402 g/mol. The Bertz CT molecular complexity index is 1070. The molecule has 0 saturated carbocycles. The third-order valence-electron chi connectivity index (χ3n) is 4.28. The van der Waals surface area contributed by atoms with Crippen LogP contribution in [-0.2, 0) is 9.59 Å². The molecule has 0 aliphatic carbocycles. The number of carbonyl (C=O) groups is 2. The summed E-state index contributed by atoms with van der Waals surface area (Å²) in [6, 6.07) is 9.25. The van der Waals surface area contributed by atoms with Crippen LogP contribution in [0.5, 0.6) is 0 Å². The lowest BCUT2D eigenvalue weighted by Gasteiger charge is -2.10. The van der Waals surface area contributed by atoms with Crippen LogP contribution in [0.1, 0.15) is 42.1 Å². The molecule has 30 heavy (non-hydrogen) atoms. The number of carboxylic acids is 1. The number of nitrogens with zero attached hydrogens (tertiary/aromatic N) is 3. The van der Waals surface area contributed by atoms with Crippen molar-refractivity contribution in [1.82, 2.24) is 20.3 Å². The average molecular weight is 426 g/mol. The molecule has 0 radical (unpaired) electrons. The molecule has 0 bridgehead atoms. The van der Waals surface area contributed by atoms with Gasteiger partial charge in [-0.05, 0) is 50.6 Å². The molecule has 3 aromatic heterocycles. The van der Waals surface area contributed by atoms with Crippen molar-refractivity contribution in [3.8, 4) is 10.6 Å². The van der Waals surface area contributed by atoms with Crippen molar-refractivity contribution in [3.05, 3.63) is 52.8 Å². The lowest BCUT2D eigenvalue weighted by atomic mass is 10.2. The number of aromatic nitrogens is 3. The molecule has 0 saturated heterocycles. The highest BCUT2D eigenvalue weighted by atomic mass is 32.1. The highest BCUT2D eigenvalue weighted by Gasteiger charge is 2.18. The number of aliphatic carboxylic acids is 1. The fourth-order valence-electron chi connectivity index (χ4n) is 2.80.